The van der Waals surface area contributed by atoms with E-state index in [1.165, 1.54) is 0 Å². The zero-order chi connectivity index (χ0) is 7.98. The van der Waals surface area contributed by atoms with E-state index in [1.54, 1.807) is 0 Å². The lowest BCUT2D eigenvalue weighted by Gasteiger charge is -2.10. The Morgan fingerprint density at radius 1 is 1.70 bits per heavy atom. The normalized spacial score (nSPS) is 12.7. The molecule has 0 unspecified atom stereocenters. The monoisotopic (exact) mass is 144 g/mol. The van der Waals surface area contributed by atoms with E-state index in [0.717, 1.165) is 12.8 Å². The average molecular weight is 144 g/mol. The molecule has 3 N–H and O–H groups in total. The molecule has 0 heterocycles. The molecule has 0 aliphatic heterocycles. The van der Waals surface area contributed by atoms with E-state index in [1.807, 2.05) is 6.92 Å². The van der Waals surface area contributed by atoms with Gasteiger partial charge in [0.05, 0.1) is 6.54 Å². The van der Waals surface area contributed by atoms with Crippen molar-refractivity contribution < 1.29 is 4.79 Å². The second-order valence-electron chi connectivity index (χ2n) is 2.46. The van der Waals surface area contributed by atoms with Gasteiger partial charge in [-0.25, -0.2) is 0 Å². The first-order valence-corrected chi connectivity index (χ1v) is 3.70. The Morgan fingerprint density at radius 3 is 2.70 bits per heavy atom. The van der Waals surface area contributed by atoms with Gasteiger partial charge < -0.3 is 11.1 Å². The number of amides is 1. The van der Waals surface area contributed by atoms with Gasteiger partial charge in [-0.2, -0.15) is 0 Å². The topological polar surface area (TPSA) is 55.1 Å². The number of nitrogens with one attached hydrogen (secondary N) is 1. The van der Waals surface area contributed by atoms with Crippen LogP contribution in [0.4, 0.5) is 0 Å². The van der Waals surface area contributed by atoms with Crippen molar-refractivity contribution in [2.45, 2.75) is 32.7 Å². The molecule has 1 atom stereocenters. The van der Waals surface area contributed by atoms with Crippen LogP contribution in [0.2, 0.25) is 0 Å². The first-order valence-electron chi connectivity index (χ1n) is 3.70. The highest BCUT2D eigenvalue weighted by Crippen LogP contribution is 1.93. The Bertz CT molecular complexity index is 104. The summed E-state index contributed by atoms with van der Waals surface area (Å²) in [5.41, 5.74) is 5.10. The SMILES string of the molecule is CCC[C@@H](C)NC(=O)CN. The van der Waals surface area contributed by atoms with E-state index in [4.69, 9.17) is 5.73 Å². The van der Waals surface area contributed by atoms with Gasteiger partial charge in [0.15, 0.2) is 0 Å². The lowest BCUT2D eigenvalue weighted by Crippen LogP contribution is -2.36. The molecule has 60 valence electrons. The molecule has 0 spiro atoms. The van der Waals surface area contributed by atoms with Crippen LogP contribution < -0.4 is 11.1 Å². The van der Waals surface area contributed by atoms with Gasteiger partial charge in [0.1, 0.15) is 0 Å². The highest BCUT2D eigenvalue weighted by molar-refractivity contribution is 5.77. The number of hydrogen-bond donors (Lipinski definition) is 2. The molecular formula is C7H16N2O. The van der Waals surface area contributed by atoms with E-state index >= 15 is 0 Å². The minimum atomic E-state index is -0.0686. The van der Waals surface area contributed by atoms with E-state index in [2.05, 4.69) is 12.2 Å². The van der Waals surface area contributed by atoms with Crippen LogP contribution in [0.25, 0.3) is 0 Å². The van der Waals surface area contributed by atoms with E-state index < -0.39 is 0 Å². The summed E-state index contributed by atoms with van der Waals surface area (Å²) >= 11 is 0. The van der Waals surface area contributed by atoms with Gasteiger partial charge >= 0.3 is 0 Å². The van der Waals surface area contributed by atoms with Crippen molar-refractivity contribution in [2.75, 3.05) is 6.54 Å². The standard InChI is InChI=1S/C7H16N2O/c1-3-4-6(2)9-7(10)5-8/h6H,3-5,8H2,1-2H3,(H,9,10)/t6-/m1/s1. The molecule has 0 radical (unpaired) electrons. The highest BCUT2D eigenvalue weighted by atomic mass is 16.1. The van der Waals surface area contributed by atoms with Crippen LogP contribution in [0, 0.1) is 0 Å². The van der Waals surface area contributed by atoms with Crippen molar-refractivity contribution in [3.63, 3.8) is 0 Å². The predicted molar refractivity (Wildman–Crippen MR) is 41.6 cm³/mol. The highest BCUT2D eigenvalue weighted by Gasteiger charge is 2.02. The number of hydrogen-bond acceptors (Lipinski definition) is 2. The molecule has 3 heteroatoms. The molecule has 1 amide bonds. The average Bonchev–Trinajstić information content (AvgIpc) is 1.88. The van der Waals surface area contributed by atoms with Gasteiger partial charge in [-0.05, 0) is 13.3 Å². The first-order chi connectivity index (χ1) is 4.70. The van der Waals surface area contributed by atoms with Gasteiger partial charge in [0.2, 0.25) is 5.91 Å². The van der Waals surface area contributed by atoms with Crippen LogP contribution in [0.3, 0.4) is 0 Å². The maximum absolute atomic E-state index is 10.7. The smallest absolute Gasteiger partial charge is 0.233 e. The van der Waals surface area contributed by atoms with Gasteiger partial charge in [0.25, 0.3) is 0 Å². The van der Waals surface area contributed by atoms with Crippen molar-refractivity contribution in [3.05, 3.63) is 0 Å². The largest absolute Gasteiger partial charge is 0.353 e. The summed E-state index contributed by atoms with van der Waals surface area (Å²) in [6.07, 6.45) is 2.11. The van der Waals surface area contributed by atoms with Crippen molar-refractivity contribution in [3.8, 4) is 0 Å². The Balaban J connectivity index is 3.37. The second-order valence-corrected chi connectivity index (χ2v) is 2.46. The van der Waals surface area contributed by atoms with Crippen LogP contribution in [0.1, 0.15) is 26.7 Å². The van der Waals surface area contributed by atoms with Crippen LogP contribution in [0.15, 0.2) is 0 Å². The van der Waals surface area contributed by atoms with E-state index in [0.29, 0.717) is 0 Å². The Kier molecular flexibility index (Phi) is 4.94. The van der Waals surface area contributed by atoms with Crippen molar-refractivity contribution in [2.24, 2.45) is 5.73 Å². The van der Waals surface area contributed by atoms with Crippen molar-refractivity contribution >= 4 is 5.91 Å². The zero-order valence-corrected chi connectivity index (χ0v) is 6.68. The summed E-state index contributed by atoms with van der Waals surface area (Å²) in [5, 5.41) is 2.77. The van der Waals surface area contributed by atoms with Gasteiger partial charge in [-0.15, -0.1) is 0 Å². The summed E-state index contributed by atoms with van der Waals surface area (Å²) in [6, 6.07) is 0.265. The van der Waals surface area contributed by atoms with Crippen LogP contribution in [-0.2, 0) is 4.79 Å². The molecule has 0 fully saturated rings. The fraction of sp³-hybridized carbons (Fsp3) is 0.857. The molecular weight excluding hydrogens is 128 g/mol. The molecule has 0 saturated carbocycles. The lowest BCUT2D eigenvalue weighted by atomic mass is 10.2. The minimum Gasteiger partial charge on any atom is -0.353 e. The minimum absolute atomic E-state index is 0.0686. The number of nitrogens with two attached hydrogens (primary N) is 1. The summed E-state index contributed by atoms with van der Waals surface area (Å²) in [6.45, 7) is 4.16. The summed E-state index contributed by atoms with van der Waals surface area (Å²) < 4.78 is 0. The maximum Gasteiger partial charge on any atom is 0.233 e. The molecule has 0 aromatic carbocycles. The fourth-order valence-corrected chi connectivity index (χ4v) is 0.839. The van der Waals surface area contributed by atoms with Crippen LogP contribution in [0.5, 0.6) is 0 Å². The maximum atomic E-state index is 10.7. The summed E-state index contributed by atoms with van der Waals surface area (Å²) in [5.74, 6) is -0.0686. The third-order valence-electron chi connectivity index (χ3n) is 1.31. The third-order valence-corrected chi connectivity index (χ3v) is 1.31. The van der Waals surface area contributed by atoms with Crippen molar-refractivity contribution in [1.29, 1.82) is 0 Å². The van der Waals surface area contributed by atoms with E-state index in [9.17, 15) is 4.79 Å². The molecule has 0 aliphatic carbocycles. The Hall–Kier alpha value is -0.570. The molecule has 0 bridgehead atoms. The van der Waals surface area contributed by atoms with Crippen molar-refractivity contribution in [1.82, 2.24) is 5.32 Å². The van der Waals surface area contributed by atoms with Crippen LogP contribution in [-0.4, -0.2) is 18.5 Å². The number of carbonyl (C=O) groups excluding carboxylic acids is 1. The van der Waals surface area contributed by atoms with Gasteiger partial charge in [0, 0.05) is 6.04 Å². The predicted octanol–water partition coefficient (Wildman–Crippen LogP) is 0.250. The third kappa shape index (κ3) is 4.32. The van der Waals surface area contributed by atoms with Gasteiger partial charge in [-0.3, -0.25) is 4.79 Å². The molecule has 3 nitrogen and oxygen atoms in total. The first kappa shape index (κ1) is 9.43. The Morgan fingerprint density at radius 2 is 2.30 bits per heavy atom. The molecule has 0 saturated heterocycles. The van der Waals surface area contributed by atoms with E-state index in [-0.39, 0.29) is 18.5 Å². The zero-order valence-electron chi connectivity index (χ0n) is 6.68. The molecule has 0 rings (SSSR count). The molecule has 0 aliphatic rings. The number of carbonyl (C=O) groups is 1. The summed E-state index contributed by atoms with van der Waals surface area (Å²) in [7, 11) is 0. The number of rotatable bonds is 4. The Labute approximate surface area is 62.0 Å². The quantitative estimate of drug-likeness (QED) is 0.594. The lowest BCUT2D eigenvalue weighted by molar-refractivity contribution is -0.120. The van der Waals surface area contributed by atoms with Gasteiger partial charge in [-0.1, -0.05) is 13.3 Å². The fourth-order valence-electron chi connectivity index (χ4n) is 0.839. The molecule has 10 heavy (non-hydrogen) atoms. The molecule has 0 aromatic rings. The van der Waals surface area contributed by atoms with Crippen LogP contribution >= 0.6 is 0 Å². The summed E-state index contributed by atoms with van der Waals surface area (Å²) in [4.78, 5) is 10.7. The molecule has 0 aromatic heterocycles. The second kappa shape index (κ2) is 5.23.